The van der Waals surface area contributed by atoms with Crippen LogP contribution in [-0.4, -0.2) is 33.6 Å². The highest BCUT2D eigenvalue weighted by molar-refractivity contribution is 7.92. The van der Waals surface area contributed by atoms with Crippen LogP contribution in [0.3, 0.4) is 0 Å². The number of aryl methyl sites for hydroxylation is 1. The minimum Gasteiger partial charge on any atom is -0.343 e. The Labute approximate surface area is 195 Å². The van der Waals surface area contributed by atoms with Crippen LogP contribution in [0.4, 0.5) is 23.2 Å². The van der Waals surface area contributed by atoms with Gasteiger partial charge in [0.25, 0.3) is 10.0 Å². The van der Waals surface area contributed by atoms with Crippen molar-refractivity contribution in [3.63, 3.8) is 0 Å². The third kappa shape index (κ3) is 3.79. The number of imidazole rings is 1. The topological polar surface area (TPSA) is 116 Å². The van der Waals surface area contributed by atoms with Gasteiger partial charge in [-0.3, -0.25) is 14.8 Å². The van der Waals surface area contributed by atoms with Crippen molar-refractivity contribution < 1.29 is 26.0 Å². The SMILES string of the molecule is Cc1ccc(F)cc1S(=O)(=O)Nc1ccc(F)c(-c2ncc3c(-c4ncc[nH]4)n[nH]c3c2F)c1F. The number of pyridine rings is 1. The van der Waals surface area contributed by atoms with E-state index in [1.165, 1.54) is 31.6 Å². The summed E-state index contributed by atoms with van der Waals surface area (Å²) in [5, 5.41) is 6.66. The summed E-state index contributed by atoms with van der Waals surface area (Å²) in [4.78, 5) is 10.3. The van der Waals surface area contributed by atoms with Gasteiger partial charge < -0.3 is 4.98 Å². The average molecular weight is 502 g/mol. The zero-order chi connectivity index (χ0) is 24.9. The molecule has 0 bridgehead atoms. The maximum atomic E-state index is 15.4. The molecule has 5 rings (SSSR count). The molecule has 0 atom stereocenters. The molecule has 2 aromatic carbocycles. The summed E-state index contributed by atoms with van der Waals surface area (Å²) in [5.41, 5.74) is -2.00. The molecule has 0 saturated carbocycles. The summed E-state index contributed by atoms with van der Waals surface area (Å²) < 4.78 is 86.5. The molecule has 3 aromatic heterocycles. The Hall–Kier alpha value is -4.26. The first-order valence-electron chi connectivity index (χ1n) is 9.97. The number of hydrogen-bond donors (Lipinski definition) is 3. The van der Waals surface area contributed by atoms with Crippen molar-refractivity contribution in [2.24, 2.45) is 0 Å². The van der Waals surface area contributed by atoms with Gasteiger partial charge in [-0.15, -0.1) is 0 Å². The van der Waals surface area contributed by atoms with Crippen molar-refractivity contribution in [1.29, 1.82) is 0 Å². The van der Waals surface area contributed by atoms with Gasteiger partial charge in [0, 0.05) is 18.6 Å². The quantitative estimate of drug-likeness (QED) is 0.302. The van der Waals surface area contributed by atoms with Crippen LogP contribution in [0.2, 0.25) is 0 Å². The Balaban J connectivity index is 1.60. The van der Waals surface area contributed by atoms with Crippen molar-refractivity contribution in [2.75, 3.05) is 4.72 Å². The summed E-state index contributed by atoms with van der Waals surface area (Å²) in [6.07, 6.45) is 4.17. The van der Waals surface area contributed by atoms with Gasteiger partial charge >= 0.3 is 0 Å². The summed E-state index contributed by atoms with van der Waals surface area (Å²) in [7, 11) is -4.46. The highest BCUT2D eigenvalue weighted by Crippen LogP contribution is 2.35. The zero-order valence-electron chi connectivity index (χ0n) is 17.7. The molecular weight excluding hydrogens is 488 g/mol. The molecule has 0 saturated heterocycles. The predicted molar refractivity (Wildman–Crippen MR) is 119 cm³/mol. The number of H-pyrrole nitrogens is 2. The Morgan fingerprint density at radius 1 is 0.971 bits per heavy atom. The van der Waals surface area contributed by atoms with E-state index in [9.17, 15) is 17.2 Å². The van der Waals surface area contributed by atoms with Gasteiger partial charge in [-0.1, -0.05) is 6.07 Å². The fraction of sp³-hybridized carbons (Fsp3) is 0.0455. The number of aromatic nitrogens is 5. The largest absolute Gasteiger partial charge is 0.343 e. The summed E-state index contributed by atoms with van der Waals surface area (Å²) in [6, 6.07) is 4.68. The van der Waals surface area contributed by atoms with Gasteiger partial charge in [0.05, 0.1) is 21.5 Å². The van der Waals surface area contributed by atoms with Crippen molar-refractivity contribution in [3.05, 3.63) is 77.8 Å². The minimum atomic E-state index is -4.46. The summed E-state index contributed by atoms with van der Waals surface area (Å²) in [6.45, 7) is 1.43. The third-order valence-corrected chi connectivity index (χ3v) is 6.80. The number of hydrogen-bond acceptors (Lipinski definition) is 5. The fourth-order valence-corrected chi connectivity index (χ4v) is 4.93. The number of benzene rings is 2. The molecule has 3 heterocycles. The van der Waals surface area contributed by atoms with E-state index in [0.29, 0.717) is 5.82 Å². The average Bonchev–Trinajstić information content (AvgIpc) is 3.49. The molecule has 0 radical (unpaired) electrons. The second-order valence-electron chi connectivity index (χ2n) is 7.52. The monoisotopic (exact) mass is 502 g/mol. The second-order valence-corrected chi connectivity index (χ2v) is 9.17. The number of nitrogens with zero attached hydrogens (tertiary/aromatic N) is 3. The number of nitrogens with one attached hydrogen (secondary N) is 3. The van der Waals surface area contributed by atoms with Gasteiger partial charge in [0.1, 0.15) is 28.5 Å². The smallest absolute Gasteiger partial charge is 0.262 e. The van der Waals surface area contributed by atoms with Gasteiger partial charge in [0.15, 0.2) is 17.5 Å². The van der Waals surface area contributed by atoms with Crippen LogP contribution in [0.5, 0.6) is 0 Å². The lowest BCUT2D eigenvalue weighted by molar-refractivity contribution is 0.580. The summed E-state index contributed by atoms with van der Waals surface area (Å²) in [5.74, 6) is -4.18. The van der Waals surface area contributed by atoms with E-state index in [1.54, 1.807) is 0 Å². The highest BCUT2D eigenvalue weighted by atomic mass is 32.2. The van der Waals surface area contributed by atoms with Crippen LogP contribution in [0.15, 0.2) is 53.8 Å². The summed E-state index contributed by atoms with van der Waals surface area (Å²) >= 11 is 0. The van der Waals surface area contributed by atoms with Crippen LogP contribution in [0.1, 0.15) is 5.56 Å². The predicted octanol–water partition coefficient (Wildman–Crippen LogP) is 4.68. The lowest BCUT2D eigenvalue weighted by Crippen LogP contribution is -2.16. The van der Waals surface area contributed by atoms with E-state index < -0.39 is 55.1 Å². The minimum absolute atomic E-state index is 0.179. The van der Waals surface area contributed by atoms with E-state index in [0.717, 1.165) is 24.3 Å². The van der Waals surface area contributed by atoms with E-state index in [-0.39, 0.29) is 22.2 Å². The van der Waals surface area contributed by atoms with Crippen LogP contribution in [-0.2, 0) is 10.0 Å². The maximum absolute atomic E-state index is 15.4. The second kappa shape index (κ2) is 8.20. The Morgan fingerprint density at radius 2 is 1.77 bits per heavy atom. The van der Waals surface area contributed by atoms with Crippen molar-refractivity contribution in [3.8, 4) is 22.8 Å². The molecule has 0 aliphatic rings. The molecule has 0 spiro atoms. The lowest BCUT2D eigenvalue weighted by Gasteiger charge is -2.14. The van der Waals surface area contributed by atoms with Gasteiger partial charge in [0.2, 0.25) is 0 Å². The van der Waals surface area contributed by atoms with Crippen LogP contribution in [0, 0.1) is 30.2 Å². The molecule has 0 aliphatic heterocycles. The van der Waals surface area contributed by atoms with Gasteiger partial charge in [-0.05, 0) is 36.8 Å². The number of aromatic amines is 2. The van der Waals surface area contributed by atoms with Crippen LogP contribution in [0.25, 0.3) is 33.7 Å². The molecule has 35 heavy (non-hydrogen) atoms. The zero-order valence-corrected chi connectivity index (χ0v) is 18.5. The molecule has 5 aromatic rings. The van der Waals surface area contributed by atoms with E-state index >= 15 is 8.78 Å². The molecule has 8 nitrogen and oxygen atoms in total. The molecule has 3 N–H and O–H groups in total. The Bertz CT molecular complexity index is 1700. The molecule has 0 fully saturated rings. The third-order valence-electron chi connectivity index (χ3n) is 5.29. The Morgan fingerprint density at radius 3 is 2.51 bits per heavy atom. The standard InChI is InChI=1S/C22H14F4N6O2S/c1-10-2-3-11(23)8-15(10)35(33,34)32-14-5-4-13(24)16(17(14)25)21-18(26)19-12(9-29-21)20(31-30-19)22-27-6-7-28-22/h2-9,32H,1H3,(H,27,28)(H,30,31). The lowest BCUT2D eigenvalue weighted by atomic mass is 10.1. The van der Waals surface area contributed by atoms with Gasteiger partial charge in [-0.25, -0.2) is 31.0 Å². The van der Waals surface area contributed by atoms with Gasteiger partial charge in [-0.2, -0.15) is 5.10 Å². The van der Waals surface area contributed by atoms with Crippen molar-refractivity contribution in [2.45, 2.75) is 11.8 Å². The number of halogens is 4. The molecule has 13 heteroatoms. The molecule has 178 valence electrons. The fourth-order valence-electron chi connectivity index (χ4n) is 3.61. The van der Waals surface area contributed by atoms with Crippen molar-refractivity contribution in [1.82, 2.24) is 25.1 Å². The number of fused-ring (bicyclic) bond motifs is 1. The maximum Gasteiger partial charge on any atom is 0.262 e. The molecule has 0 amide bonds. The number of anilines is 1. The van der Waals surface area contributed by atoms with Crippen LogP contribution < -0.4 is 4.72 Å². The first kappa shape index (κ1) is 22.5. The molecular formula is C22H14F4N6O2S. The van der Waals surface area contributed by atoms with E-state index in [1.807, 2.05) is 4.72 Å². The highest BCUT2D eigenvalue weighted by Gasteiger charge is 2.26. The van der Waals surface area contributed by atoms with Crippen molar-refractivity contribution >= 4 is 26.6 Å². The normalized spacial score (nSPS) is 11.8. The molecule has 0 unspecified atom stereocenters. The molecule has 0 aliphatic carbocycles. The first-order valence-corrected chi connectivity index (χ1v) is 11.5. The first-order chi connectivity index (χ1) is 16.7. The Kier molecular flexibility index (Phi) is 5.28. The number of sulfonamides is 1. The number of rotatable bonds is 5. The van der Waals surface area contributed by atoms with E-state index in [4.69, 9.17) is 0 Å². The van der Waals surface area contributed by atoms with E-state index in [2.05, 4.69) is 25.1 Å². The van der Waals surface area contributed by atoms with Crippen LogP contribution >= 0.6 is 0 Å².